The van der Waals surface area contributed by atoms with E-state index in [1.54, 1.807) is 0 Å². The van der Waals surface area contributed by atoms with Crippen molar-refractivity contribution in [3.63, 3.8) is 0 Å². The predicted octanol–water partition coefficient (Wildman–Crippen LogP) is 7.56. The molecule has 0 aliphatic rings. The van der Waals surface area contributed by atoms with Crippen LogP contribution in [0.1, 0.15) is 137 Å². The topological polar surface area (TPSA) is 60.4 Å². The van der Waals surface area contributed by atoms with Crippen LogP contribution >= 0.6 is 0 Å². The van der Waals surface area contributed by atoms with E-state index in [4.69, 9.17) is 9.47 Å². The molecule has 0 bridgehead atoms. The van der Waals surface area contributed by atoms with Crippen molar-refractivity contribution >= 4 is 11.9 Å². The molecule has 0 atom stereocenters. The number of ether oxygens (including phenoxy) is 2. The van der Waals surface area contributed by atoms with E-state index < -0.39 is 0 Å². The molecule has 0 saturated heterocycles. The zero-order chi connectivity index (χ0) is 28.7. The fourth-order valence-corrected chi connectivity index (χ4v) is 4.69. The van der Waals surface area contributed by atoms with Gasteiger partial charge in [0.05, 0.1) is 24.3 Å². The molecule has 6 nitrogen and oxygen atoms in total. The molecule has 0 unspecified atom stereocenters. The van der Waals surface area contributed by atoms with Crippen molar-refractivity contribution < 1.29 is 28.2 Å². The van der Waals surface area contributed by atoms with Crippen LogP contribution in [-0.4, -0.2) is 25.2 Å². The largest absolute Gasteiger partial charge is 0.462 e. The van der Waals surface area contributed by atoms with Crippen molar-refractivity contribution in [2.45, 2.75) is 130 Å². The summed E-state index contributed by atoms with van der Waals surface area (Å²) in [5.41, 5.74) is 1.19. The Morgan fingerprint density at radius 2 is 0.825 bits per heavy atom. The first-order valence-corrected chi connectivity index (χ1v) is 16.0. The summed E-state index contributed by atoms with van der Waals surface area (Å²) in [7, 11) is 0. The zero-order valence-electron chi connectivity index (χ0n) is 25.3. The van der Waals surface area contributed by atoms with Crippen LogP contribution in [0.15, 0.2) is 49.1 Å². The van der Waals surface area contributed by atoms with E-state index in [-0.39, 0.29) is 11.9 Å². The summed E-state index contributed by atoms with van der Waals surface area (Å²) in [6.45, 7) is 7.27. The van der Waals surface area contributed by atoms with Crippen LogP contribution in [0.2, 0.25) is 0 Å². The normalized spacial score (nSPS) is 10.9. The third-order valence-corrected chi connectivity index (χ3v) is 7.30. The number of pyridine rings is 2. The fourth-order valence-electron chi connectivity index (χ4n) is 4.69. The summed E-state index contributed by atoms with van der Waals surface area (Å²) in [5, 5.41) is 0. The summed E-state index contributed by atoms with van der Waals surface area (Å²) in [6, 6.07) is 7.37. The number of carbonyl (C=O) groups excluding carboxylic acids is 2. The van der Waals surface area contributed by atoms with Crippen molar-refractivity contribution in [3.05, 3.63) is 60.2 Å². The van der Waals surface area contributed by atoms with Crippen LogP contribution < -0.4 is 9.13 Å². The standard InChI is InChI=1S/C34H54N2O4/c1-3-5-7-9-11-15-23-35-25-19-31(20-26-35)33(37)39-29-17-13-14-18-30-40-34(38)32-21-27-36(28-22-32)24-16-12-10-8-6-4-2/h19-22,25-28H,3-18,23-24,29-30H2,1-2H3/q+2. The molecule has 6 heteroatoms. The Kier molecular flexibility index (Phi) is 18.4. The Balaban J connectivity index is 1.48. The van der Waals surface area contributed by atoms with Gasteiger partial charge in [0.1, 0.15) is 13.1 Å². The number of rotatable bonds is 23. The molecule has 0 radical (unpaired) electrons. The molecule has 2 aromatic rings. The van der Waals surface area contributed by atoms with Crippen LogP contribution in [0.3, 0.4) is 0 Å². The Hall–Kier alpha value is -2.76. The molecule has 0 aromatic carbocycles. The molecule has 2 aromatic heterocycles. The van der Waals surface area contributed by atoms with Gasteiger partial charge in [0.2, 0.25) is 0 Å². The molecule has 0 aliphatic carbocycles. The Bertz CT molecular complexity index is 850. The van der Waals surface area contributed by atoms with Gasteiger partial charge in [-0.1, -0.05) is 65.2 Å². The number of hydrogen-bond acceptors (Lipinski definition) is 4. The van der Waals surface area contributed by atoms with Gasteiger partial charge in [0, 0.05) is 37.1 Å². The fraction of sp³-hybridized carbons (Fsp3) is 0.647. The second kappa shape index (κ2) is 22.0. The zero-order valence-corrected chi connectivity index (χ0v) is 25.3. The van der Waals surface area contributed by atoms with E-state index >= 15 is 0 Å². The van der Waals surface area contributed by atoms with Crippen LogP contribution in [0.25, 0.3) is 0 Å². The number of hydrogen-bond donors (Lipinski definition) is 0. The SMILES string of the molecule is CCCCCCCC[n+]1ccc(C(=O)OCCCCCCOC(=O)c2cc[n+](CCCCCCCC)cc2)cc1. The predicted molar refractivity (Wildman–Crippen MR) is 159 cm³/mol. The molecule has 222 valence electrons. The van der Waals surface area contributed by atoms with E-state index in [1.807, 2.05) is 49.1 Å². The van der Waals surface area contributed by atoms with E-state index in [1.165, 1.54) is 77.0 Å². The smallest absolute Gasteiger partial charge is 0.338 e. The lowest BCUT2D eigenvalue weighted by atomic mass is 10.1. The quantitative estimate of drug-likeness (QED) is 0.0808. The lowest BCUT2D eigenvalue weighted by Crippen LogP contribution is -2.32. The third-order valence-electron chi connectivity index (χ3n) is 7.30. The van der Waals surface area contributed by atoms with Crippen LogP contribution in [0.5, 0.6) is 0 Å². The number of unbranched alkanes of at least 4 members (excludes halogenated alkanes) is 13. The molecule has 40 heavy (non-hydrogen) atoms. The number of aromatic nitrogens is 2. The maximum Gasteiger partial charge on any atom is 0.338 e. The highest BCUT2D eigenvalue weighted by Gasteiger charge is 2.11. The minimum atomic E-state index is -0.267. The Morgan fingerprint density at radius 3 is 1.20 bits per heavy atom. The average molecular weight is 555 g/mol. The molecular formula is C34H54N2O4+2. The second-order valence-corrected chi connectivity index (χ2v) is 10.9. The summed E-state index contributed by atoms with van der Waals surface area (Å²) >= 11 is 0. The van der Waals surface area contributed by atoms with Gasteiger partial charge < -0.3 is 9.47 Å². The van der Waals surface area contributed by atoms with Gasteiger partial charge in [-0.3, -0.25) is 0 Å². The third kappa shape index (κ3) is 15.1. The maximum absolute atomic E-state index is 12.3. The van der Waals surface area contributed by atoms with E-state index in [9.17, 15) is 9.59 Å². The second-order valence-electron chi connectivity index (χ2n) is 10.9. The van der Waals surface area contributed by atoms with Crippen LogP contribution in [-0.2, 0) is 22.6 Å². The Morgan fingerprint density at radius 1 is 0.500 bits per heavy atom. The van der Waals surface area contributed by atoms with Gasteiger partial charge in [-0.2, -0.15) is 0 Å². The summed E-state index contributed by atoms with van der Waals surface area (Å²) in [6.07, 6.45) is 26.7. The molecule has 2 rings (SSSR count). The Labute approximate surface area is 243 Å². The molecule has 0 saturated carbocycles. The molecule has 0 amide bonds. The lowest BCUT2D eigenvalue weighted by molar-refractivity contribution is -0.697. The summed E-state index contributed by atoms with van der Waals surface area (Å²) in [4.78, 5) is 24.6. The highest BCUT2D eigenvalue weighted by atomic mass is 16.5. The molecule has 0 aliphatic heterocycles. The van der Waals surface area contributed by atoms with Crippen molar-refractivity contribution in [2.75, 3.05) is 13.2 Å². The summed E-state index contributed by atoms with van der Waals surface area (Å²) < 4.78 is 15.1. The van der Waals surface area contributed by atoms with Gasteiger partial charge in [0.25, 0.3) is 0 Å². The van der Waals surface area contributed by atoms with E-state index in [0.717, 1.165) is 38.8 Å². The van der Waals surface area contributed by atoms with Gasteiger partial charge in [-0.05, 0) is 38.5 Å². The maximum atomic E-state index is 12.3. The first kappa shape index (κ1) is 33.4. The molecule has 0 spiro atoms. The summed E-state index contributed by atoms with van der Waals surface area (Å²) in [5.74, 6) is -0.534. The van der Waals surface area contributed by atoms with Crippen LogP contribution in [0.4, 0.5) is 0 Å². The number of carbonyl (C=O) groups is 2. The van der Waals surface area contributed by atoms with E-state index in [0.29, 0.717) is 24.3 Å². The minimum absolute atomic E-state index is 0.267. The van der Waals surface area contributed by atoms with Crippen molar-refractivity contribution in [3.8, 4) is 0 Å². The number of aryl methyl sites for hydroxylation is 2. The number of nitrogens with zero attached hydrogens (tertiary/aromatic N) is 2. The van der Waals surface area contributed by atoms with Crippen molar-refractivity contribution in [1.29, 1.82) is 0 Å². The van der Waals surface area contributed by atoms with Crippen LogP contribution in [0, 0.1) is 0 Å². The molecule has 0 fully saturated rings. The highest BCUT2D eigenvalue weighted by Crippen LogP contribution is 2.08. The monoisotopic (exact) mass is 554 g/mol. The molecular weight excluding hydrogens is 500 g/mol. The first-order valence-electron chi connectivity index (χ1n) is 16.0. The van der Waals surface area contributed by atoms with Gasteiger partial charge >= 0.3 is 11.9 Å². The first-order chi connectivity index (χ1) is 19.6. The molecule has 2 heterocycles. The average Bonchev–Trinajstić information content (AvgIpc) is 2.98. The van der Waals surface area contributed by atoms with Crippen molar-refractivity contribution in [1.82, 2.24) is 0 Å². The number of esters is 2. The van der Waals surface area contributed by atoms with E-state index in [2.05, 4.69) is 23.0 Å². The van der Waals surface area contributed by atoms with Gasteiger partial charge in [0.15, 0.2) is 24.8 Å². The van der Waals surface area contributed by atoms with Gasteiger partial charge in [-0.15, -0.1) is 0 Å². The minimum Gasteiger partial charge on any atom is -0.462 e. The van der Waals surface area contributed by atoms with Gasteiger partial charge in [-0.25, -0.2) is 18.7 Å². The van der Waals surface area contributed by atoms with Crippen molar-refractivity contribution in [2.24, 2.45) is 0 Å². The lowest BCUT2D eigenvalue weighted by Gasteiger charge is -2.06. The highest BCUT2D eigenvalue weighted by molar-refractivity contribution is 5.89. The molecule has 0 N–H and O–H groups in total.